The van der Waals surface area contributed by atoms with Gasteiger partial charge in [-0.2, -0.15) is 0 Å². The van der Waals surface area contributed by atoms with E-state index in [-0.39, 0.29) is 5.91 Å². The molecule has 4 aromatic heterocycles. The van der Waals surface area contributed by atoms with Gasteiger partial charge in [0, 0.05) is 48.7 Å². The Bertz CT molecular complexity index is 1230. The molecule has 0 aliphatic carbocycles. The zero-order chi connectivity index (χ0) is 21.2. The lowest BCUT2D eigenvalue weighted by Gasteiger charge is -2.25. The zero-order valence-corrected chi connectivity index (χ0v) is 17.8. The van der Waals surface area contributed by atoms with Crippen molar-refractivity contribution in [1.29, 1.82) is 0 Å². The fraction of sp³-hybridized carbons (Fsp3) is 0.286. The minimum absolute atomic E-state index is 0.264. The molecule has 1 aliphatic rings. The van der Waals surface area contributed by atoms with Crippen LogP contribution in [0.25, 0.3) is 17.0 Å². The number of carbonyl (C=O) groups excluding carboxylic acids is 1. The quantitative estimate of drug-likeness (QED) is 0.515. The highest BCUT2D eigenvalue weighted by molar-refractivity contribution is 7.14. The molecule has 0 unspecified atom stereocenters. The van der Waals surface area contributed by atoms with Crippen LogP contribution in [-0.2, 0) is 11.3 Å². The Kier molecular flexibility index (Phi) is 5.41. The smallest absolute Gasteiger partial charge is 0.261 e. The van der Waals surface area contributed by atoms with E-state index in [0.29, 0.717) is 22.2 Å². The van der Waals surface area contributed by atoms with Crippen molar-refractivity contribution in [2.24, 2.45) is 0 Å². The number of pyridine rings is 2. The van der Waals surface area contributed by atoms with E-state index in [2.05, 4.69) is 30.3 Å². The van der Waals surface area contributed by atoms with Gasteiger partial charge in [0.15, 0.2) is 16.6 Å². The summed E-state index contributed by atoms with van der Waals surface area (Å²) in [4.78, 5) is 28.7. The van der Waals surface area contributed by atoms with Gasteiger partial charge >= 0.3 is 0 Å². The number of aromatic nitrogens is 5. The molecule has 9 nitrogen and oxygen atoms in total. The molecule has 31 heavy (non-hydrogen) atoms. The summed E-state index contributed by atoms with van der Waals surface area (Å²) in [6.07, 6.45) is 3.51. The minimum atomic E-state index is -0.264. The number of hydrogen-bond acceptors (Lipinski definition) is 8. The molecule has 5 rings (SSSR count). The van der Waals surface area contributed by atoms with Gasteiger partial charge in [0.2, 0.25) is 0 Å². The van der Waals surface area contributed by atoms with Crippen molar-refractivity contribution in [2.75, 3.05) is 31.6 Å². The maximum atomic E-state index is 13.0. The number of carbonyl (C=O) groups is 1. The first-order valence-corrected chi connectivity index (χ1v) is 10.9. The third kappa shape index (κ3) is 4.18. The summed E-state index contributed by atoms with van der Waals surface area (Å²) in [5.41, 5.74) is 3.54. The molecule has 0 bridgehead atoms. The molecule has 0 aromatic carbocycles. The van der Waals surface area contributed by atoms with E-state index < -0.39 is 0 Å². The van der Waals surface area contributed by atoms with Gasteiger partial charge in [-0.05, 0) is 31.2 Å². The zero-order valence-electron chi connectivity index (χ0n) is 17.0. The predicted octanol–water partition coefficient (Wildman–Crippen LogP) is 2.64. The molecule has 0 atom stereocenters. The van der Waals surface area contributed by atoms with Crippen LogP contribution in [0.5, 0.6) is 0 Å². The SMILES string of the molecule is Cc1ncccc1-c1nc2c(C(=O)Nc3nc(CN4CCOCC4)cs3)cccn2n1. The van der Waals surface area contributed by atoms with Crippen LogP contribution in [0, 0.1) is 6.92 Å². The van der Waals surface area contributed by atoms with Crippen LogP contribution in [0.4, 0.5) is 5.13 Å². The van der Waals surface area contributed by atoms with E-state index in [1.165, 1.54) is 11.3 Å². The van der Waals surface area contributed by atoms with Crippen molar-refractivity contribution in [2.45, 2.75) is 13.5 Å². The number of fused-ring (bicyclic) bond motifs is 1. The number of anilines is 1. The van der Waals surface area contributed by atoms with Gasteiger partial charge in [-0.1, -0.05) is 0 Å². The summed E-state index contributed by atoms with van der Waals surface area (Å²) in [6, 6.07) is 7.28. The standard InChI is InChI=1S/C21H21N7O2S/c1-14-16(4-2-6-22-14)18-24-19-17(5-3-7-28(19)26-18)20(29)25-21-23-15(13-31-21)12-27-8-10-30-11-9-27/h2-7,13H,8-12H2,1H3,(H,23,25,29). The van der Waals surface area contributed by atoms with Crippen LogP contribution >= 0.6 is 11.3 Å². The number of rotatable bonds is 5. The number of amides is 1. The highest BCUT2D eigenvalue weighted by Crippen LogP contribution is 2.22. The summed E-state index contributed by atoms with van der Waals surface area (Å²) >= 11 is 1.42. The molecule has 1 amide bonds. The minimum Gasteiger partial charge on any atom is -0.379 e. The first-order valence-electron chi connectivity index (χ1n) is 10.0. The van der Waals surface area contributed by atoms with E-state index in [0.717, 1.165) is 49.8 Å². The average Bonchev–Trinajstić information content (AvgIpc) is 3.41. The lowest BCUT2D eigenvalue weighted by Crippen LogP contribution is -2.35. The molecule has 4 aromatic rings. The summed E-state index contributed by atoms with van der Waals surface area (Å²) in [5, 5.41) is 9.97. The van der Waals surface area contributed by atoms with E-state index in [4.69, 9.17) is 4.74 Å². The number of nitrogens with one attached hydrogen (secondary N) is 1. The largest absolute Gasteiger partial charge is 0.379 e. The summed E-state index contributed by atoms with van der Waals surface area (Å²) in [5.74, 6) is 0.271. The molecule has 1 aliphatic heterocycles. The molecule has 158 valence electrons. The number of hydrogen-bond donors (Lipinski definition) is 1. The molecular formula is C21H21N7O2S. The summed E-state index contributed by atoms with van der Waals surface area (Å²) in [6.45, 7) is 5.95. The van der Waals surface area contributed by atoms with Crippen molar-refractivity contribution < 1.29 is 9.53 Å². The molecule has 1 fully saturated rings. The number of nitrogens with zero attached hydrogens (tertiary/aromatic N) is 6. The van der Waals surface area contributed by atoms with Crippen LogP contribution in [0.2, 0.25) is 0 Å². The highest BCUT2D eigenvalue weighted by atomic mass is 32.1. The molecular weight excluding hydrogens is 414 g/mol. The molecule has 0 saturated carbocycles. The van der Waals surface area contributed by atoms with E-state index in [9.17, 15) is 4.79 Å². The Labute approximate surface area is 182 Å². The first kappa shape index (κ1) is 19.7. The summed E-state index contributed by atoms with van der Waals surface area (Å²) < 4.78 is 7.00. The van der Waals surface area contributed by atoms with Gasteiger partial charge in [-0.25, -0.2) is 14.5 Å². The third-order valence-corrected chi connectivity index (χ3v) is 5.92. The topological polar surface area (TPSA) is 97.5 Å². The molecule has 5 heterocycles. The average molecular weight is 436 g/mol. The Hall–Kier alpha value is -3.21. The Morgan fingerprint density at radius 3 is 2.94 bits per heavy atom. The second-order valence-corrected chi connectivity index (χ2v) is 8.11. The van der Waals surface area contributed by atoms with Gasteiger partial charge in [0.25, 0.3) is 5.91 Å². The van der Waals surface area contributed by atoms with Crippen LogP contribution < -0.4 is 5.32 Å². The number of ether oxygens (including phenoxy) is 1. The van der Waals surface area contributed by atoms with Crippen LogP contribution in [0.3, 0.4) is 0 Å². The Morgan fingerprint density at radius 1 is 1.23 bits per heavy atom. The van der Waals surface area contributed by atoms with Gasteiger partial charge in [-0.3, -0.25) is 20.0 Å². The van der Waals surface area contributed by atoms with E-state index in [1.807, 2.05) is 24.4 Å². The van der Waals surface area contributed by atoms with Gasteiger partial charge in [0.05, 0.1) is 24.5 Å². The molecule has 10 heteroatoms. The monoisotopic (exact) mass is 435 g/mol. The van der Waals surface area contributed by atoms with Crippen LogP contribution in [0.15, 0.2) is 42.0 Å². The number of morpholine rings is 1. The van der Waals surface area contributed by atoms with Crippen LogP contribution in [0.1, 0.15) is 21.7 Å². The normalized spacial score (nSPS) is 14.7. The molecule has 0 radical (unpaired) electrons. The first-order chi connectivity index (χ1) is 15.2. The predicted molar refractivity (Wildman–Crippen MR) is 117 cm³/mol. The van der Waals surface area contributed by atoms with Crippen molar-refractivity contribution in [3.63, 3.8) is 0 Å². The Morgan fingerprint density at radius 2 is 2.10 bits per heavy atom. The molecule has 0 spiro atoms. The van der Waals surface area contributed by atoms with E-state index in [1.54, 1.807) is 29.0 Å². The van der Waals surface area contributed by atoms with Crippen molar-refractivity contribution >= 4 is 28.0 Å². The highest BCUT2D eigenvalue weighted by Gasteiger charge is 2.18. The number of thiazole rings is 1. The Balaban J connectivity index is 1.36. The summed E-state index contributed by atoms with van der Waals surface area (Å²) in [7, 11) is 0. The third-order valence-electron chi connectivity index (χ3n) is 5.12. The maximum absolute atomic E-state index is 13.0. The van der Waals surface area contributed by atoms with Crippen LogP contribution in [-0.4, -0.2) is 61.7 Å². The van der Waals surface area contributed by atoms with Crippen molar-refractivity contribution in [3.8, 4) is 11.4 Å². The van der Waals surface area contributed by atoms with Gasteiger partial charge < -0.3 is 4.74 Å². The lowest BCUT2D eigenvalue weighted by atomic mass is 10.2. The lowest BCUT2D eigenvalue weighted by molar-refractivity contribution is 0.0337. The second kappa shape index (κ2) is 8.50. The van der Waals surface area contributed by atoms with E-state index >= 15 is 0 Å². The fourth-order valence-electron chi connectivity index (χ4n) is 3.51. The van der Waals surface area contributed by atoms with Gasteiger partial charge in [0.1, 0.15) is 0 Å². The second-order valence-electron chi connectivity index (χ2n) is 7.25. The molecule has 1 saturated heterocycles. The van der Waals surface area contributed by atoms with Gasteiger partial charge in [-0.15, -0.1) is 16.4 Å². The van der Waals surface area contributed by atoms with Crippen molar-refractivity contribution in [1.82, 2.24) is 29.5 Å². The molecule has 1 N–H and O–H groups in total. The fourth-order valence-corrected chi connectivity index (χ4v) is 4.20. The van der Waals surface area contributed by atoms with Crippen molar-refractivity contribution in [3.05, 3.63) is 59.0 Å². The number of aryl methyl sites for hydroxylation is 1. The maximum Gasteiger partial charge on any atom is 0.261 e.